The fraction of sp³-hybridized carbons (Fsp3) is 0.833. The lowest BCUT2D eigenvalue weighted by Gasteiger charge is -2.28. The van der Waals surface area contributed by atoms with Crippen molar-refractivity contribution >= 4 is 5.91 Å². The van der Waals surface area contributed by atoms with E-state index in [1.165, 1.54) is 0 Å². The van der Waals surface area contributed by atoms with Gasteiger partial charge in [-0.15, -0.1) is 0 Å². The minimum Gasteiger partial charge on any atom is -0.375 e. The highest BCUT2D eigenvalue weighted by molar-refractivity contribution is 5.81. The summed E-state index contributed by atoms with van der Waals surface area (Å²) in [6.07, 6.45) is -0.104. The van der Waals surface area contributed by atoms with Gasteiger partial charge in [0.15, 0.2) is 0 Å². The zero-order chi connectivity index (χ0) is 8.27. The second-order valence-corrected chi connectivity index (χ2v) is 2.52. The number of nitrogens with two attached hydrogens (primary N) is 1. The van der Waals surface area contributed by atoms with Crippen LogP contribution in [0.3, 0.4) is 0 Å². The third-order valence-electron chi connectivity index (χ3n) is 1.74. The number of amides is 1. The molecule has 5 nitrogen and oxygen atoms in total. The van der Waals surface area contributed by atoms with Crippen LogP contribution in [0.1, 0.15) is 6.92 Å². The van der Waals surface area contributed by atoms with Crippen LogP contribution in [0.5, 0.6) is 0 Å². The molecule has 0 aromatic carbocycles. The fourth-order valence-corrected chi connectivity index (χ4v) is 1.12. The van der Waals surface area contributed by atoms with E-state index in [-0.39, 0.29) is 18.1 Å². The predicted molar refractivity (Wildman–Crippen MR) is 39.5 cm³/mol. The van der Waals surface area contributed by atoms with Gasteiger partial charge in [0.05, 0.1) is 12.7 Å². The lowest BCUT2D eigenvalue weighted by Crippen LogP contribution is -2.56. The minimum atomic E-state index is -0.311. The van der Waals surface area contributed by atoms with E-state index in [1.807, 2.05) is 6.92 Å². The van der Waals surface area contributed by atoms with Crippen molar-refractivity contribution in [2.24, 2.45) is 5.84 Å². The van der Waals surface area contributed by atoms with Crippen molar-refractivity contribution in [3.63, 3.8) is 0 Å². The van der Waals surface area contributed by atoms with Crippen LogP contribution in [-0.2, 0) is 9.53 Å². The molecule has 0 bridgehead atoms. The Bertz CT molecular complexity index is 151. The largest absolute Gasteiger partial charge is 0.375 e. The molecule has 11 heavy (non-hydrogen) atoms. The maximum Gasteiger partial charge on any atom is 0.253 e. The summed E-state index contributed by atoms with van der Waals surface area (Å²) in [6, 6.07) is -0.311. The van der Waals surface area contributed by atoms with Crippen LogP contribution in [0.25, 0.3) is 0 Å². The average Bonchev–Trinajstić information content (AvgIpc) is 2.04. The SMILES string of the molecule is C[C@H]1OCCN[C@@H]1C(=O)NN. The highest BCUT2D eigenvalue weighted by atomic mass is 16.5. The van der Waals surface area contributed by atoms with Crippen LogP contribution in [0.15, 0.2) is 0 Å². The zero-order valence-corrected chi connectivity index (χ0v) is 6.46. The van der Waals surface area contributed by atoms with Crippen molar-refractivity contribution in [3.8, 4) is 0 Å². The van der Waals surface area contributed by atoms with Crippen molar-refractivity contribution in [2.75, 3.05) is 13.2 Å². The Labute approximate surface area is 65.2 Å². The van der Waals surface area contributed by atoms with Crippen LogP contribution >= 0.6 is 0 Å². The summed E-state index contributed by atoms with van der Waals surface area (Å²) in [7, 11) is 0. The van der Waals surface area contributed by atoms with Crippen molar-refractivity contribution in [1.82, 2.24) is 10.7 Å². The average molecular weight is 159 g/mol. The lowest BCUT2D eigenvalue weighted by atomic mass is 10.1. The number of hydrogen-bond acceptors (Lipinski definition) is 4. The summed E-state index contributed by atoms with van der Waals surface area (Å²) in [6.45, 7) is 3.18. The first kappa shape index (κ1) is 8.45. The zero-order valence-electron chi connectivity index (χ0n) is 6.46. The van der Waals surface area contributed by atoms with Gasteiger partial charge < -0.3 is 10.1 Å². The molecule has 0 spiro atoms. The number of ether oxygens (including phenoxy) is 1. The third-order valence-corrected chi connectivity index (χ3v) is 1.74. The van der Waals surface area contributed by atoms with Crippen molar-refractivity contribution in [2.45, 2.75) is 19.1 Å². The number of morpholine rings is 1. The fourth-order valence-electron chi connectivity index (χ4n) is 1.12. The molecule has 1 heterocycles. The summed E-state index contributed by atoms with van der Waals surface area (Å²) in [5.41, 5.74) is 2.08. The first-order valence-corrected chi connectivity index (χ1v) is 3.61. The van der Waals surface area contributed by atoms with E-state index in [9.17, 15) is 4.79 Å². The lowest BCUT2D eigenvalue weighted by molar-refractivity contribution is -0.128. The van der Waals surface area contributed by atoms with Gasteiger partial charge in [0.25, 0.3) is 5.91 Å². The van der Waals surface area contributed by atoms with E-state index < -0.39 is 0 Å². The Hall–Kier alpha value is -0.650. The number of rotatable bonds is 1. The van der Waals surface area contributed by atoms with E-state index in [0.29, 0.717) is 13.2 Å². The molecule has 1 aliphatic heterocycles. The molecular weight excluding hydrogens is 146 g/mol. The predicted octanol–water partition coefficient (Wildman–Crippen LogP) is -1.65. The van der Waals surface area contributed by atoms with Crippen LogP contribution < -0.4 is 16.6 Å². The second kappa shape index (κ2) is 3.66. The monoisotopic (exact) mass is 159 g/mol. The molecular formula is C6H13N3O2. The summed E-state index contributed by atoms with van der Waals surface area (Å²) in [4.78, 5) is 11.0. The van der Waals surface area contributed by atoms with Crippen LogP contribution in [0.2, 0.25) is 0 Å². The second-order valence-electron chi connectivity index (χ2n) is 2.52. The quantitative estimate of drug-likeness (QED) is 0.243. The van der Waals surface area contributed by atoms with E-state index in [1.54, 1.807) is 0 Å². The Morgan fingerprint density at radius 1 is 1.82 bits per heavy atom. The van der Waals surface area contributed by atoms with E-state index in [0.717, 1.165) is 0 Å². The Morgan fingerprint density at radius 3 is 3.09 bits per heavy atom. The number of hydrogen-bond donors (Lipinski definition) is 3. The molecule has 0 aromatic heterocycles. The summed E-state index contributed by atoms with van der Waals surface area (Å²) < 4.78 is 5.23. The molecule has 2 atom stereocenters. The van der Waals surface area contributed by atoms with Crippen molar-refractivity contribution < 1.29 is 9.53 Å². The summed E-state index contributed by atoms with van der Waals surface area (Å²) in [5, 5.41) is 3.00. The molecule has 0 radical (unpaired) electrons. The topological polar surface area (TPSA) is 76.4 Å². The summed E-state index contributed by atoms with van der Waals surface area (Å²) in [5.74, 6) is 4.75. The van der Waals surface area contributed by atoms with Gasteiger partial charge in [0, 0.05) is 6.54 Å². The summed E-state index contributed by atoms with van der Waals surface area (Å²) >= 11 is 0. The van der Waals surface area contributed by atoms with Gasteiger partial charge in [-0.2, -0.15) is 0 Å². The standard InChI is InChI=1S/C6H13N3O2/c1-4-5(6(10)9-7)8-2-3-11-4/h4-5,8H,2-3,7H2,1H3,(H,9,10)/t4-,5+/m1/s1. The van der Waals surface area contributed by atoms with Crippen LogP contribution in [-0.4, -0.2) is 31.2 Å². The molecule has 5 heteroatoms. The Balaban J connectivity index is 2.47. The van der Waals surface area contributed by atoms with Crippen LogP contribution in [0, 0.1) is 0 Å². The van der Waals surface area contributed by atoms with Gasteiger partial charge in [-0.1, -0.05) is 0 Å². The highest BCUT2D eigenvalue weighted by Gasteiger charge is 2.27. The number of hydrazine groups is 1. The molecule has 0 aliphatic carbocycles. The number of carbonyl (C=O) groups excluding carboxylic acids is 1. The van der Waals surface area contributed by atoms with Crippen molar-refractivity contribution in [1.29, 1.82) is 0 Å². The van der Waals surface area contributed by atoms with Gasteiger partial charge in [-0.3, -0.25) is 10.2 Å². The van der Waals surface area contributed by atoms with E-state index in [4.69, 9.17) is 10.6 Å². The van der Waals surface area contributed by atoms with E-state index in [2.05, 4.69) is 10.7 Å². The smallest absolute Gasteiger partial charge is 0.253 e. The molecule has 1 rings (SSSR count). The Morgan fingerprint density at radius 2 is 2.55 bits per heavy atom. The molecule has 0 unspecified atom stereocenters. The van der Waals surface area contributed by atoms with Crippen molar-refractivity contribution in [3.05, 3.63) is 0 Å². The number of carbonyl (C=O) groups is 1. The van der Waals surface area contributed by atoms with E-state index >= 15 is 0 Å². The van der Waals surface area contributed by atoms with Gasteiger partial charge in [0.2, 0.25) is 0 Å². The molecule has 64 valence electrons. The molecule has 1 amide bonds. The first-order chi connectivity index (χ1) is 5.25. The number of nitrogens with one attached hydrogen (secondary N) is 2. The van der Waals surface area contributed by atoms with Crippen LogP contribution in [0.4, 0.5) is 0 Å². The minimum absolute atomic E-state index is 0.104. The molecule has 4 N–H and O–H groups in total. The molecule has 1 aliphatic rings. The Kier molecular flexibility index (Phi) is 2.81. The normalized spacial score (nSPS) is 31.5. The maximum absolute atomic E-state index is 11.0. The molecule has 1 fully saturated rings. The first-order valence-electron chi connectivity index (χ1n) is 3.61. The molecule has 0 saturated carbocycles. The van der Waals surface area contributed by atoms with Gasteiger partial charge >= 0.3 is 0 Å². The molecule has 0 aromatic rings. The third kappa shape index (κ3) is 1.89. The van der Waals surface area contributed by atoms with Gasteiger partial charge in [0.1, 0.15) is 6.04 Å². The maximum atomic E-state index is 11.0. The van der Waals surface area contributed by atoms with Gasteiger partial charge in [-0.25, -0.2) is 5.84 Å². The molecule has 1 saturated heterocycles. The highest BCUT2D eigenvalue weighted by Crippen LogP contribution is 2.02. The van der Waals surface area contributed by atoms with Gasteiger partial charge in [-0.05, 0) is 6.92 Å².